The van der Waals surface area contributed by atoms with Crippen molar-refractivity contribution in [1.29, 1.82) is 0 Å². The molecule has 0 saturated carbocycles. The molecule has 0 aliphatic rings. The normalized spacial score (nSPS) is 10.6. The maximum Gasteiger partial charge on any atom is 0.119 e. The summed E-state index contributed by atoms with van der Waals surface area (Å²) in [5, 5.41) is 2.52. The van der Waals surface area contributed by atoms with Crippen LogP contribution in [0.1, 0.15) is 13.3 Å². The number of fused-ring (bicyclic) bond motifs is 1. The Morgan fingerprint density at radius 3 is 2.56 bits per heavy atom. The van der Waals surface area contributed by atoms with E-state index in [9.17, 15) is 0 Å². The summed E-state index contributed by atoms with van der Waals surface area (Å²) in [5.41, 5.74) is 0. The van der Waals surface area contributed by atoms with E-state index in [-0.39, 0.29) is 0 Å². The third kappa shape index (κ3) is 2.50. The quantitative estimate of drug-likeness (QED) is 0.725. The predicted octanol–water partition coefficient (Wildman–Crippen LogP) is 4.35. The summed E-state index contributed by atoms with van der Waals surface area (Å²) < 4.78 is 5.61. The molecule has 0 spiro atoms. The first kappa shape index (κ1) is 11.3. The van der Waals surface area contributed by atoms with Gasteiger partial charge in [-0.15, -0.1) is 11.8 Å². The number of benzene rings is 2. The van der Waals surface area contributed by atoms with Crippen molar-refractivity contribution in [3.63, 3.8) is 0 Å². The van der Waals surface area contributed by atoms with Crippen molar-refractivity contribution in [2.24, 2.45) is 0 Å². The molecule has 0 aliphatic heterocycles. The topological polar surface area (TPSA) is 9.23 Å². The number of hydrogen-bond donors (Lipinski definition) is 0. The van der Waals surface area contributed by atoms with E-state index in [1.807, 2.05) is 6.07 Å². The lowest BCUT2D eigenvalue weighted by Gasteiger charge is -2.06. The van der Waals surface area contributed by atoms with Crippen LogP contribution in [0.3, 0.4) is 0 Å². The Morgan fingerprint density at radius 2 is 1.81 bits per heavy atom. The predicted molar refractivity (Wildman–Crippen MR) is 71.5 cm³/mol. The molecule has 0 aromatic heterocycles. The van der Waals surface area contributed by atoms with Gasteiger partial charge in [0.25, 0.3) is 0 Å². The maximum atomic E-state index is 5.61. The van der Waals surface area contributed by atoms with Gasteiger partial charge in [-0.25, -0.2) is 0 Å². The van der Waals surface area contributed by atoms with E-state index >= 15 is 0 Å². The van der Waals surface area contributed by atoms with Crippen molar-refractivity contribution in [2.75, 3.05) is 12.9 Å². The molecule has 1 nitrogen and oxygen atoms in total. The Morgan fingerprint density at radius 1 is 1.06 bits per heavy atom. The zero-order valence-electron chi connectivity index (χ0n) is 9.69. The molecule has 0 fully saturated rings. The van der Waals surface area contributed by atoms with Crippen molar-refractivity contribution in [2.45, 2.75) is 18.2 Å². The summed E-state index contributed by atoms with van der Waals surface area (Å²) >= 11 is 1.77. The molecule has 0 aliphatic carbocycles. The number of thioether (sulfide) groups is 1. The molecule has 2 aromatic carbocycles. The molecule has 0 saturated heterocycles. The van der Waals surface area contributed by atoms with Crippen molar-refractivity contribution in [1.82, 2.24) is 0 Å². The molecule has 0 heterocycles. The summed E-state index contributed by atoms with van der Waals surface area (Å²) in [5.74, 6) is 0.964. The monoisotopic (exact) mass is 232 g/mol. The van der Waals surface area contributed by atoms with Gasteiger partial charge in [-0.1, -0.05) is 19.1 Å². The minimum atomic E-state index is 0.786. The van der Waals surface area contributed by atoms with Gasteiger partial charge < -0.3 is 4.74 Å². The third-order valence-corrected chi connectivity index (χ3v) is 3.22. The van der Waals surface area contributed by atoms with Gasteiger partial charge in [0, 0.05) is 4.90 Å². The Bertz CT molecular complexity index is 479. The van der Waals surface area contributed by atoms with Crippen molar-refractivity contribution in [3.8, 4) is 5.75 Å². The molecule has 0 N–H and O–H groups in total. The average Bonchev–Trinajstić information content (AvgIpc) is 2.35. The fourth-order valence-corrected chi connectivity index (χ4v) is 2.09. The molecule has 0 bridgehead atoms. The Kier molecular flexibility index (Phi) is 3.73. The van der Waals surface area contributed by atoms with Gasteiger partial charge in [0.1, 0.15) is 5.75 Å². The smallest absolute Gasteiger partial charge is 0.119 e. The minimum absolute atomic E-state index is 0.786. The molecule has 0 amide bonds. The summed E-state index contributed by atoms with van der Waals surface area (Å²) in [6, 6.07) is 12.8. The van der Waals surface area contributed by atoms with Crippen LogP contribution >= 0.6 is 11.8 Å². The molecule has 84 valence electrons. The molecule has 16 heavy (non-hydrogen) atoms. The van der Waals surface area contributed by atoms with E-state index in [0.717, 1.165) is 18.8 Å². The highest BCUT2D eigenvalue weighted by Crippen LogP contribution is 2.25. The van der Waals surface area contributed by atoms with Crippen LogP contribution < -0.4 is 4.74 Å². The van der Waals surface area contributed by atoms with Crippen LogP contribution in [0.2, 0.25) is 0 Å². The van der Waals surface area contributed by atoms with E-state index in [4.69, 9.17) is 4.74 Å². The highest BCUT2D eigenvalue weighted by atomic mass is 32.2. The average molecular weight is 232 g/mol. The molecule has 0 atom stereocenters. The number of ether oxygens (including phenoxy) is 1. The first-order chi connectivity index (χ1) is 7.83. The molecule has 0 radical (unpaired) electrons. The third-order valence-electron chi connectivity index (χ3n) is 2.49. The first-order valence-electron chi connectivity index (χ1n) is 5.54. The second-order valence-electron chi connectivity index (χ2n) is 3.72. The summed E-state index contributed by atoms with van der Waals surface area (Å²) in [7, 11) is 0. The van der Waals surface area contributed by atoms with E-state index in [1.165, 1.54) is 15.7 Å². The Labute approximate surface area is 101 Å². The van der Waals surface area contributed by atoms with Gasteiger partial charge in [-0.3, -0.25) is 0 Å². The van der Waals surface area contributed by atoms with Crippen molar-refractivity contribution in [3.05, 3.63) is 36.4 Å². The van der Waals surface area contributed by atoms with Gasteiger partial charge in [0.2, 0.25) is 0 Å². The largest absolute Gasteiger partial charge is 0.494 e. The minimum Gasteiger partial charge on any atom is -0.494 e. The summed E-state index contributed by atoms with van der Waals surface area (Å²) in [6.45, 7) is 2.90. The van der Waals surface area contributed by atoms with Crippen molar-refractivity contribution < 1.29 is 4.74 Å². The SMILES string of the molecule is CCCOc1ccc2cc(SC)ccc2c1. The molecule has 2 rings (SSSR count). The standard InChI is InChI=1S/C14H16OS/c1-3-8-15-13-6-4-12-10-14(16-2)7-5-11(12)9-13/h4-7,9-10H,3,8H2,1-2H3. The maximum absolute atomic E-state index is 5.61. The van der Waals surface area contributed by atoms with Crippen LogP contribution in [-0.2, 0) is 0 Å². The second kappa shape index (κ2) is 5.26. The fourth-order valence-electron chi connectivity index (χ4n) is 1.64. The summed E-state index contributed by atoms with van der Waals surface area (Å²) in [4.78, 5) is 1.30. The lowest BCUT2D eigenvalue weighted by Crippen LogP contribution is -1.94. The van der Waals surface area contributed by atoms with E-state index in [2.05, 4.69) is 43.5 Å². The van der Waals surface area contributed by atoms with E-state index < -0.39 is 0 Å². The summed E-state index contributed by atoms with van der Waals surface area (Å²) in [6.07, 6.45) is 3.14. The van der Waals surface area contributed by atoms with Crippen LogP contribution in [0.25, 0.3) is 10.8 Å². The second-order valence-corrected chi connectivity index (χ2v) is 4.60. The zero-order valence-corrected chi connectivity index (χ0v) is 10.5. The molecule has 2 aromatic rings. The number of hydrogen-bond acceptors (Lipinski definition) is 2. The zero-order chi connectivity index (χ0) is 11.4. The van der Waals surface area contributed by atoms with Crippen LogP contribution in [-0.4, -0.2) is 12.9 Å². The van der Waals surface area contributed by atoms with Crippen LogP contribution in [0, 0.1) is 0 Å². The van der Waals surface area contributed by atoms with E-state index in [1.54, 1.807) is 11.8 Å². The van der Waals surface area contributed by atoms with Gasteiger partial charge in [0.15, 0.2) is 0 Å². The van der Waals surface area contributed by atoms with Crippen LogP contribution in [0.4, 0.5) is 0 Å². The first-order valence-corrected chi connectivity index (χ1v) is 6.76. The number of rotatable bonds is 4. The van der Waals surface area contributed by atoms with Gasteiger partial charge in [-0.2, -0.15) is 0 Å². The highest BCUT2D eigenvalue weighted by Gasteiger charge is 1.98. The fraction of sp³-hybridized carbons (Fsp3) is 0.286. The van der Waals surface area contributed by atoms with Crippen molar-refractivity contribution >= 4 is 22.5 Å². The van der Waals surface area contributed by atoms with Crippen LogP contribution in [0.15, 0.2) is 41.3 Å². The Balaban J connectivity index is 2.32. The molecular formula is C14H16OS. The van der Waals surface area contributed by atoms with Gasteiger partial charge in [-0.05, 0) is 47.7 Å². The molecular weight excluding hydrogens is 216 g/mol. The molecule has 2 heteroatoms. The Hall–Kier alpha value is -1.15. The lowest BCUT2D eigenvalue weighted by molar-refractivity contribution is 0.318. The van der Waals surface area contributed by atoms with Crippen LogP contribution in [0.5, 0.6) is 5.75 Å². The van der Waals surface area contributed by atoms with Gasteiger partial charge >= 0.3 is 0 Å². The van der Waals surface area contributed by atoms with Gasteiger partial charge in [0.05, 0.1) is 6.61 Å². The highest BCUT2D eigenvalue weighted by molar-refractivity contribution is 7.98. The lowest BCUT2D eigenvalue weighted by atomic mass is 10.1. The molecule has 0 unspecified atom stereocenters. The van der Waals surface area contributed by atoms with E-state index in [0.29, 0.717) is 0 Å².